The van der Waals surface area contributed by atoms with E-state index in [1.54, 1.807) is 6.92 Å². The largest absolute Gasteiger partial charge is 0.306 e. The van der Waals surface area contributed by atoms with Gasteiger partial charge in [-0.05, 0) is 44.8 Å². The molecule has 78 valence electrons. The normalized spacial score (nSPS) is 10.6. The first-order valence-corrected chi connectivity index (χ1v) is 6.49. The zero-order valence-electron chi connectivity index (χ0n) is 7.67. The summed E-state index contributed by atoms with van der Waals surface area (Å²) in [6, 6.07) is 3.40. The van der Waals surface area contributed by atoms with Crippen LogP contribution in [0.4, 0.5) is 0 Å². The molecule has 0 fully saturated rings. The molecule has 0 aliphatic rings. The van der Waals surface area contributed by atoms with Crippen molar-refractivity contribution in [2.45, 2.75) is 6.92 Å². The Morgan fingerprint density at radius 1 is 1.40 bits per heavy atom. The van der Waals surface area contributed by atoms with E-state index >= 15 is 0 Å². The fraction of sp³-hybridized carbons (Fsp3) is 0.111. The standard InChI is InChI=1S/C9H6Br2N2OS/c1-4-2-7(14)13-9(12-4)6-3-5(10)8(11)15-6/h2-3H,1H3,(H,12,13,14). The van der Waals surface area contributed by atoms with E-state index in [0.717, 1.165) is 18.8 Å². The van der Waals surface area contributed by atoms with Gasteiger partial charge in [0.25, 0.3) is 5.56 Å². The zero-order chi connectivity index (χ0) is 11.0. The van der Waals surface area contributed by atoms with Gasteiger partial charge in [-0.15, -0.1) is 11.3 Å². The molecule has 6 heteroatoms. The Labute approximate surface area is 107 Å². The SMILES string of the molecule is Cc1cc(=O)[nH]c(-c2cc(Br)c(Br)s2)n1. The number of hydrogen-bond acceptors (Lipinski definition) is 3. The Morgan fingerprint density at radius 3 is 2.67 bits per heavy atom. The third-order valence-corrected chi connectivity index (χ3v) is 5.01. The van der Waals surface area contributed by atoms with E-state index in [1.165, 1.54) is 17.4 Å². The predicted octanol–water partition coefficient (Wildman–Crippen LogP) is 3.33. The summed E-state index contributed by atoms with van der Waals surface area (Å²) in [6.07, 6.45) is 0. The van der Waals surface area contributed by atoms with Gasteiger partial charge in [0.2, 0.25) is 0 Å². The van der Waals surface area contributed by atoms with Crippen LogP contribution in [0.5, 0.6) is 0 Å². The molecule has 0 atom stereocenters. The van der Waals surface area contributed by atoms with Crippen molar-refractivity contribution < 1.29 is 0 Å². The fourth-order valence-electron chi connectivity index (χ4n) is 1.16. The maximum atomic E-state index is 11.3. The number of nitrogens with one attached hydrogen (secondary N) is 1. The van der Waals surface area contributed by atoms with E-state index in [2.05, 4.69) is 41.8 Å². The molecule has 0 unspecified atom stereocenters. The van der Waals surface area contributed by atoms with Gasteiger partial charge in [0.05, 0.1) is 8.66 Å². The third kappa shape index (κ3) is 2.38. The molecule has 0 spiro atoms. The first-order chi connectivity index (χ1) is 7.06. The summed E-state index contributed by atoms with van der Waals surface area (Å²) in [5, 5.41) is 0. The number of halogens is 2. The second-order valence-corrected chi connectivity index (χ2v) is 6.19. The summed E-state index contributed by atoms with van der Waals surface area (Å²) < 4.78 is 1.95. The van der Waals surface area contributed by atoms with Crippen molar-refractivity contribution >= 4 is 43.2 Å². The molecular weight excluding hydrogens is 344 g/mol. The molecule has 0 radical (unpaired) electrons. The molecular formula is C9H6Br2N2OS. The second kappa shape index (κ2) is 4.19. The van der Waals surface area contributed by atoms with Gasteiger partial charge in [0, 0.05) is 16.2 Å². The number of rotatable bonds is 1. The Hall–Kier alpha value is -0.460. The van der Waals surface area contributed by atoms with Crippen LogP contribution in [0.1, 0.15) is 5.69 Å². The minimum atomic E-state index is -0.127. The predicted molar refractivity (Wildman–Crippen MR) is 68.3 cm³/mol. The lowest BCUT2D eigenvalue weighted by molar-refractivity contribution is 1.08. The highest BCUT2D eigenvalue weighted by atomic mass is 79.9. The van der Waals surface area contributed by atoms with Crippen LogP contribution in [0.25, 0.3) is 10.7 Å². The van der Waals surface area contributed by atoms with Crippen LogP contribution in [0, 0.1) is 6.92 Å². The Kier molecular flexibility index (Phi) is 3.08. The summed E-state index contributed by atoms with van der Waals surface area (Å²) in [5.74, 6) is 0.608. The fourth-order valence-corrected chi connectivity index (χ4v) is 3.14. The van der Waals surface area contributed by atoms with Crippen LogP contribution < -0.4 is 5.56 Å². The number of nitrogens with zero attached hydrogens (tertiary/aromatic N) is 1. The third-order valence-electron chi connectivity index (χ3n) is 1.75. The summed E-state index contributed by atoms with van der Waals surface area (Å²) in [4.78, 5) is 19.2. The van der Waals surface area contributed by atoms with Crippen LogP contribution in [0.3, 0.4) is 0 Å². The number of hydrogen-bond donors (Lipinski definition) is 1. The number of aromatic nitrogens is 2. The molecule has 2 rings (SSSR count). The number of aryl methyl sites for hydroxylation is 1. The lowest BCUT2D eigenvalue weighted by Gasteiger charge is -1.96. The molecule has 15 heavy (non-hydrogen) atoms. The number of aromatic amines is 1. The summed E-state index contributed by atoms with van der Waals surface area (Å²) in [5.41, 5.74) is 0.590. The van der Waals surface area contributed by atoms with Gasteiger partial charge in [-0.2, -0.15) is 0 Å². The van der Waals surface area contributed by atoms with Crippen LogP contribution in [-0.4, -0.2) is 9.97 Å². The van der Waals surface area contributed by atoms with Crippen LogP contribution in [0.2, 0.25) is 0 Å². The van der Waals surface area contributed by atoms with Crippen molar-refractivity contribution in [1.82, 2.24) is 9.97 Å². The maximum Gasteiger partial charge on any atom is 0.251 e. The monoisotopic (exact) mass is 348 g/mol. The average molecular weight is 350 g/mol. The molecule has 0 aromatic carbocycles. The molecule has 1 N–H and O–H groups in total. The molecule has 0 bridgehead atoms. The minimum Gasteiger partial charge on any atom is -0.306 e. The molecule has 0 aliphatic heterocycles. The van der Waals surface area contributed by atoms with E-state index < -0.39 is 0 Å². The molecule has 2 heterocycles. The summed E-state index contributed by atoms with van der Waals surface area (Å²) in [6.45, 7) is 1.80. The lowest BCUT2D eigenvalue weighted by atomic mass is 10.4. The highest BCUT2D eigenvalue weighted by Gasteiger charge is 2.08. The van der Waals surface area contributed by atoms with Crippen molar-refractivity contribution in [2.24, 2.45) is 0 Å². The molecule has 3 nitrogen and oxygen atoms in total. The van der Waals surface area contributed by atoms with E-state index in [9.17, 15) is 4.79 Å². The molecule has 2 aromatic heterocycles. The Morgan fingerprint density at radius 2 is 2.13 bits per heavy atom. The maximum absolute atomic E-state index is 11.3. The minimum absolute atomic E-state index is 0.127. The van der Waals surface area contributed by atoms with Crippen molar-refractivity contribution in [1.29, 1.82) is 0 Å². The number of thiophene rings is 1. The highest BCUT2D eigenvalue weighted by Crippen LogP contribution is 2.36. The van der Waals surface area contributed by atoms with Gasteiger partial charge in [-0.25, -0.2) is 4.98 Å². The number of H-pyrrole nitrogens is 1. The zero-order valence-corrected chi connectivity index (χ0v) is 11.7. The smallest absolute Gasteiger partial charge is 0.251 e. The van der Waals surface area contributed by atoms with Crippen molar-refractivity contribution in [2.75, 3.05) is 0 Å². The quantitative estimate of drug-likeness (QED) is 0.858. The van der Waals surface area contributed by atoms with Crippen LogP contribution in [-0.2, 0) is 0 Å². The van der Waals surface area contributed by atoms with Gasteiger partial charge < -0.3 is 4.98 Å². The average Bonchev–Trinajstić information content (AvgIpc) is 2.45. The summed E-state index contributed by atoms with van der Waals surface area (Å²) >= 11 is 8.32. The lowest BCUT2D eigenvalue weighted by Crippen LogP contribution is -2.07. The van der Waals surface area contributed by atoms with Crippen molar-refractivity contribution in [3.05, 3.63) is 36.4 Å². The van der Waals surface area contributed by atoms with E-state index in [-0.39, 0.29) is 5.56 Å². The van der Waals surface area contributed by atoms with Gasteiger partial charge in [0.15, 0.2) is 5.82 Å². The van der Waals surface area contributed by atoms with Gasteiger partial charge >= 0.3 is 0 Å². The Balaban J connectivity index is 2.58. The highest BCUT2D eigenvalue weighted by molar-refractivity contribution is 9.13. The van der Waals surface area contributed by atoms with Crippen molar-refractivity contribution in [3.8, 4) is 10.7 Å². The first kappa shape index (κ1) is 11.0. The molecule has 0 aliphatic carbocycles. The van der Waals surface area contributed by atoms with E-state index in [0.29, 0.717) is 5.82 Å². The first-order valence-electron chi connectivity index (χ1n) is 4.09. The molecule has 0 amide bonds. The molecule has 0 saturated heterocycles. The van der Waals surface area contributed by atoms with Gasteiger partial charge in [0.1, 0.15) is 0 Å². The van der Waals surface area contributed by atoms with Crippen LogP contribution >= 0.6 is 43.2 Å². The topological polar surface area (TPSA) is 45.8 Å². The van der Waals surface area contributed by atoms with Crippen LogP contribution in [0.15, 0.2) is 25.2 Å². The molecule has 2 aromatic rings. The Bertz CT molecular complexity index is 542. The van der Waals surface area contributed by atoms with Crippen molar-refractivity contribution in [3.63, 3.8) is 0 Å². The van der Waals surface area contributed by atoms with Gasteiger partial charge in [-0.3, -0.25) is 4.79 Å². The van der Waals surface area contributed by atoms with E-state index in [4.69, 9.17) is 0 Å². The van der Waals surface area contributed by atoms with Gasteiger partial charge in [-0.1, -0.05) is 0 Å². The molecule has 0 saturated carbocycles. The summed E-state index contributed by atoms with van der Waals surface area (Å²) in [7, 11) is 0. The van der Waals surface area contributed by atoms with E-state index in [1.807, 2.05) is 6.07 Å². The second-order valence-electron chi connectivity index (χ2n) is 2.97.